The number of halogens is 2. The van der Waals surface area contributed by atoms with Crippen molar-refractivity contribution in [2.75, 3.05) is 5.32 Å². The summed E-state index contributed by atoms with van der Waals surface area (Å²) >= 11 is 0. The van der Waals surface area contributed by atoms with Gasteiger partial charge in [0.2, 0.25) is 5.89 Å². The molecule has 2 aromatic carbocycles. The number of aromatic nitrogens is 2. The van der Waals surface area contributed by atoms with Crippen LogP contribution >= 0.6 is 0 Å². The molecule has 0 saturated heterocycles. The number of aliphatic hydroxyl groups is 1. The van der Waals surface area contributed by atoms with Gasteiger partial charge >= 0.3 is 11.6 Å². The van der Waals surface area contributed by atoms with E-state index < -0.39 is 22.9 Å². The van der Waals surface area contributed by atoms with Crippen LogP contribution in [0.2, 0.25) is 0 Å². The van der Waals surface area contributed by atoms with Gasteiger partial charge < -0.3 is 19.3 Å². The van der Waals surface area contributed by atoms with E-state index in [1.807, 2.05) is 13.8 Å². The van der Waals surface area contributed by atoms with E-state index in [1.165, 1.54) is 12.1 Å². The van der Waals surface area contributed by atoms with Gasteiger partial charge in [-0.3, -0.25) is 0 Å². The maximum absolute atomic E-state index is 14.3. The van der Waals surface area contributed by atoms with Gasteiger partial charge in [0.25, 0.3) is 0 Å². The minimum Gasteiger partial charge on any atom is -0.423 e. The van der Waals surface area contributed by atoms with Crippen LogP contribution in [0.15, 0.2) is 56.1 Å². The van der Waals surface area contributed by atoms with Crippen molar-refractivity contribution in [3.8, 4) is 11.1 Å². The van der Waals surface area contributed by atoms with E-state index in [2.05, 4.69) is 15.5 Å². The first-order valence-electron chi connectivity index (χ1n) is 10.2. The number of hydrogen-bond donors (Lipinski definition) is 2. The van der Waals surface area contributed by atoms with Crippen LogP contribution in [-0.4, -0.2) is 15.3 Å². The summed E-state index contributed by atoms with van der Waals surface area (Å²) in [7, 11) is 0. The van der Waals surface area contributed by atoms with E-state index in [4.69, 9.17) is 8.83 Å². The van der Waals surface area contributed by atoms with Gasteiger partial charge in [-0.25, -0.2) is 13.6 Å². The van der Waals surface area contributed by atoms with Gasteiger partial charge in [-0.2, -0.15) is 0 Å². The Morgan fingerprint density at radius 1 is 1.00 bits per heavy atom. The number of nitrogens with one attached hydrogen (secondary N) is 1. The van der Waals surface area contributed by atoms with Crippen LogP contribution in [0, 0.1) is 11.6 Å². The molecule has 0 aliphatic heterocycles. The van der Waals surface area contributed by atoms with Gasteiger partial charge in [-0.05, 0) is 36.6 Å². The van der Waals surface area contributed by atoms with Gasteiger partial charge in [0.1, 0.15) is 22.8 Å². The molecule has 0 radical (unpaired) electrons. The highest BCUT2D eigenvalue weighted by molar-refractivity contribution is 5.93. The SMILES string of the molecule is CCC(O)(CC)c1nnc(NCc2ccc3c(-c4ccc(F)cc4F)cc(=O)oc3c2)o1. The zero-order chi connectivity index (χ0) is 22.9. The summed E-state index contributed by atoms with van der Waals surface area (Å²) in [6, 6.07) is 9.61. The molecule has 0 aliphatic carbocycles. The largest absolute Gasteiger partial charge is 0.423 e. The Balaban J connectivity index is 1.61. The predicted molar refractivity (Wildman–Crippen MR) is 114 cm³/mol. The molecular formula is C23H21F2N3O4. The van der Waals surface area contributed by atoms with E-state index in [9.17, 15) is 18.7 Å². The normalized spacial score (nSPS) is 11.8. The molecular weight excluding hydrogens is 420 g/mol. The fraction of sp³-hybridized carbons (Fsp3) is 0.261. The molecule has 32 heavy (non-hydrogen) atoms. The highest BCUT2D eigenvalue weighted by Crippen LogP contribution is 2.31. The highest BCUT2D eigenvalue weighted by Gasteiger charge is 2.31. The average molecular weight is 441 g/mol. The van der Waals surface area contributed by atoms with Crippen LogP contribution in [-0.2, 0) is 12.1 Å². The molecule has 166 valence electrons. The fourth-order valence-corrected chi connectivity index (χ4v) is 3.46. The fourth-order valence-electron chi connectivity index (χ4n) is 3.46. The lowest BCUT2D eigenvalue weighted by Crippen LogP contribution is -2.23. The maximum Gasteiger partial charge on any atom is 0.336 e. The Morgan fingerprint density at radius 3 is 2.50 bits per heavy atom. The molecule has 0 bridgehead atoms. The van der Waals surface area contributed by atoms with E-state index in [0.717, 1.165) is 17.7 Å². The van der Waals surface area contributed by atoms with E-state index >= 15 is 0 Å². The second-order valence-electron chi connectivity index (χ2n) is 7.44. The average Bonchev–Trinajstić information content (AvgIpc) is 3.26. The third kappa shape index (κ3) is 4.11. The molecule has 0 fully saturated rings. The molecule has 0 unspecified atom stereocenters. The third-order valence-corrected chi connectivity index (χ3v) is 5.47. The number of hydrogen-bond acceptors (Lipinski definition) is 7. The Hall–Kier alpha value is -3.59. The lowest BCUT2D eigenvalue weighted by atomic mass is 9.98. The standard InChI is InChI=1S/C23H21F2N3O4/c1-3-23(30,4-2)21-27-28-22(32-21)26-12-13-5-7-16-17(11-20(29)31-19(16)9-13)15-8-6-14(24)10-18(15)25/h5-11,30H,3-4,12H2,1-2H3,(H,26,28). The monoisotopic (exact) mass is 441 g/mol. The van der Waals surface area contributed by atoms with E-state index in [1.54, 1.807) is 18.2 Å². The molecule has 0 spiro atoms. The molecule has 9 heteroatoms. The van der Waals surface area contributed by atoms with Crippen molar-refractivity contribution in [2.24, 2.45) is 0 Å². The van der Waals surface area contributed by atoms with Gasteiger partial charge in [0.05, 0.1) is 0 Å². The topological polar surface area (TPSA) is 101 Å². The molecule has 0 aliphatic rings. The van der Waals surface area contributed by atoms with Gasteiger partial charge in [0.15, 0.2) is 0 Å². The lowest BCUT2D eigenvalue weighted by Gasteiger charge is -2.19. The van der Waals surface area contributed by atoms with Crippen LogP contribution in [0.4, 0.5) is 14.8 Å². The molecule has 2 heterocycles. The minimum absolute atomic E-state index is 0.105. The van der Waals surface area contributed by atoms with E-state index in [-0.39, 0.29) is 29.6 Å². The summed E-state index contributed by atoms with van der Waals surface area (Å²) in [6.45, 7) is 3.93. The van der Waals surface area contributed by atoms with Gasteiger partial charge in [-0.15, -0.1) is 5.10 Å². The predicted octanol–water partition coefficient (Wildman–Crippen LogP) is 4.74. The quantitative estimate of drug-likeness (QED) is 0.400. The summed E-state index contributed by atoms with van der Waals surface area (Å²) in [5, 5.41) is 21.8. The molecule has 2 N–H and O–H groups in total. The molecule has 7 nitrogen and oxygen atoms in total. The first kappa shape index (κ1) is 21.6. The Labute approximate surface area is 181 Å². The molecule has 4 rings (SSSR count). The number of nitrogens with zero attached hydrogens (tertiary/aromatic N) is 2. The molecule has 0 atom stereocenters. The number of rotatable bonds is 7. The summed E-state index contributed by atoms with van der Waals surface area (Å²) in [4.78, 5) is 12.1. The van der Waals surface area contributed by atoms with Gasteiger partial charge in [-0.1, -0.05) is 31.1 Å². The van der Waals surface area contributed by atoms with Crippen molar-refractivity contribution in [1.82, 2.24) is 10.2 Å². The Bertz CT molecular complexity index is 1330. The van der Waals surface area contributed by atoms with Crippen molar-refractivity contribution in [2.45, 2.75) is 38.8 Å². The van der Waals surface area contributed by atoms with Crippen LogP contribution < -0.4 is 10.9 Å². The number of fused-ring (bicyclic) bond motifs is 1. The minimum atomic E-state index is -1.18. The zero-order valence-electron chi connectivity index (χ0n) is 17.5. The van der Waals surface area contributed by atoms with Crippen molar-refractivity contribution in [3.63, 3.8) is 0 Å². The summed E-state index contributed by atoms with van der Waals surface area (Å²) < 4.78 is 38.4. The molecule has 4 aromatic rings. The second kappa shape index (κ2) is 8.51. The number of anilines is 1. The zero-order valence-corrected chi connectivity index (χ0v) is 17.5. The van der Waals surface area contributed by atoms with Crippen molar-refractivity contribution in [3.05, 3.63) is 76.0 Å². The molecule has 0 saturated carbocycles. The van der Waals surface area contributed by atoms with Crippen LogP contribution in [0.25, 0.3) is 22.1 Å². The van der Waals surface area contributed by atoms with Gasteiger partial charge in [0, 0.05) is 35.2 Å². The summed E-state index contributed by atoms with van der Waals surface area (Å²) in [5.41, 5.74) is -0.417. The summed E-state index contributed by atoms with van der Waals surface area (Å²) in [6.07, 6.45) is 0.873. The maximum atomic E-state index is 14.3. The second-order valence-corrected chi connectivity index (χ2v) is 7.44. The van der Waals surface area contributed by atoms with Crippen molar-refractivity contribution in [1.29, 1.82) is 0 Å². The first-order valence-corrected chi connectivity index (χ1v) is 10.2. The smallest absolute Gasteiger partial charge is 0.336 e. The third-order valence-electron chi connectivity index (χ3n) is 5.47. The van der Waals surface area contributed by atoms with Crippen LogP contribution in [0.1, 0.15) is 38.1 Å². The van der Waals surface area contributed by atoms with Crippen molar-refractivity contribution < 1.29 is 22.7 Å². The van der Waals surface area contributed by atoms with Crippen LogP contribution in [0.5, 0.6) is 0 Å². The Morgan fingerprint density at radius 2 is 1.78 bits per heavy atom. The summed E-state index contributed by atoms with van der Waals surface area (Å²) in [5.74, 6) is -1.33. The number of benzene rings is 2. The first-order chi connectivity index (χ1) is 15.3. The molecule has 2 aromatic heterocycles. The van der Waals surface area contributed by atoms with Crippen molar-refractivity contribution >= 4 is 17.0 Å². The molecule has 0 amide bonds. The Kier molecular flexibility index (Phi) is 5.75. The van der Waals surface area contributed by atoms with Crippen LogP contribution in [0.3, 0.4) is 0 Å². The highest BCUT2D eigenvalue weighted by atomic mass is 19.1. The lowest BCUT2D eigenvalue weighted by molar-refractivity contribution is 0.00206. The van der Waals surface area contributed by atoms with E-state index in [0.29, 0.717) is 23.8 Å².